The van der Waals surface area contributed by atoms with Crippen molar-refractivity contribution in [3.8, 4) is 0 Å². The summed E-state index contributed by atoms with van der Waals surface area (Å²) in [6, 6.07) is 0. The molecule has 10 heavy (non-hydrogen) atoms. The zero-order valence-corrected chi connectivity index (χ0v) is 9.46. The van der Waals surface area contributed by atoms with Crippen molar-refractivity contribution in [3.05, 3.63) is 0 Å². The molecule has 0 aromatic heterocycles. The lowest BCUT2D eigenvalue weighted by molar-refractivity contribution is 0.601. The largest absolute Gasteiger partial charge is 0.229 e. The van der Waals surface area contributed by atoms with Crippen molar-refractivity contribution in [1.82, 2.24) is 0 Å². The van der Waals surface area contributed by atoms with E-state index in [1.54, 1.807) is 0 Å². The van der Waals surface area contributed by atoms with E-state index in [9.17, 15) is 8.42 Å². The van der Waals surface area contributed by atoms with Gasteiger partial charge in [-0.3, -0.25) is 0 Å². The molecule has 0 bridgehead atoms. The molecule has 0 amide bonds. The van der Waals surface area contributed by atoms with Gasteiger partial charge in [0.25, 0.3) is 0 Å². The second-order valence-corrected chi connectivity index (χ2v) is 7.83. The standard InChI is InChI=1S/C5H8Br2O2S/c1-5(7)3-10(8,9)2-4(5)6/h4H,2-3H2,1H3/t4-,5-/m0/s1. The van der Waals surface area contributed by atoms with Crippen LogP contribution in [0.1, 0.15) is 6.92 Å². The van der Waals surface area contributed by atoms with Crippen LogP contribution in [0.5, 0.6) is 0 Å². The van der Waals surface area contributed by atoms with E-state index in [2.05, 4.69) is 31.9 Å². The Kier molecular flexibility index (Phi) is 2.21. The summed E-state index contributed by atoms with van der Waals surface area (Å²) in [6.07, 6.45) is 0. The highest BCUT2D eigenvalue weighted by Crippen LogP contribution is 2.36. The molecule has 0 radical (unpaired) electrons. The van der Waals surface area contributed by atoms with E-state index in [4.69, 9.17) is 0 Å². The Bertz CT molecular complexity index is 232. The third kappa shape index (κ3) is 1.74. The number of rotatable bonds is 0. The summed E-state index contributed by atoms with van der Waals surface area (Å²) < 4.78 is 21.7. The third-order valence-corrected chi connectivity index (χ3v) is 7.02. The lowest BCUT2D eigenvalue weighted by Gasteiger charge is -2.16. The fourth-order valence-electron chi connectivity index (χ4n) is 0.976. The van der Waals surface area contributed by atoms with Gasteiger partial charge in [0.15, 0.2) is 9.84 Å². The van der Waals surface area contributed by atoms with Crippen LogP contribution in [0, 0.1) is 0 Å². The molecule has 1 heterocycles. The maximum absolute atomic E-state index is 11.0. The van der Waals surface area contributed by atoms with Crippen molar-refractivity contribution in [2.45, 2.75) is 16.1 Å². The van der Waals surface area contributed by atoms with Gasteiger partial charge in [0.05, 0.1) is 15.8 Å². The predicted molar refractivity (Wildman–Crippen MR) is 48.7 cm³/mol. The van der Waals surface area contributed by atoms with Gasteiger partial charge in [-0.05, 0) is 6.92 Å². The zero-order valence-electron chi connectivity index (χ0n) is 5.47. The average Bonchev–Trinajstić information content (AvgIpc) is 1.73. The summed E-state index contributed by atoms with van der Waals surface area (Å²) in [5.41, 5.74) is 0. The summed E-state index contributed by atoms with van der Waals surface area (Å²) in [7, 11) is -2.80. The van der Waals surface area contributed by atoms with Gasteiger partial charge in [-0.1, -0.05) is 31.9 Å². The van der Waals surface area contributed by atoms with Gasteiger partial charge in [0.2, 0.25) is 0 Å². The zero-order chi connectivity index (χ0) is 7.99. The Morgan fingerprint density at radius 2 is 2.10 bits per heavy atom. The summed E-state index contributed by atoms with van der Waals surface area (Å²) in [5, 5.41) is 0. The highest BCUT2D eigenvalue weighted by Gasteiger charge is 2.43. The van der Waals surface area contributed by atoms with Gasteiger partial charge >= 0.3 is 0 Å². The molecule has 0 spiro atoms. The van der Waals surface area contributed by atoms with Crippen molar-refractivity contribution in [3.63, 3.8) is 0 Å². The molecule has 1 rings (SSSR count). The van der Waals surface area contributed by atoms with Crippen LogP contribution in [0.25, 0.3) is 0 Å². The van der Waals surface area contributed by atoms with Gasteiger partial charge < -0.3 is 0 Å². The molecular formula is C5H8Br2O2S. The van der Waals surface area contributed by atoms with E-state index < -0.39 is 9.84 Å². The summed E-state index contributed by atoms with van der Waals surface area (Å²) in [4.78, 5) is 0.0463. The maximum atomic E-state index is 11.0. The molecular weight excluding hydrogens is 284 g/mol. The van der Waals surface area contributed by atoms with Crippen molar-refractivity contribution in [1.29, 1.82) is 0 Å². The molecule has 0 aromatic rings. The Hall–Kier alpha value is 0.910. The quantitative estimate of drug-likeness (QED) is 0.631. The molecule has 0 N–H and O–H groups in total. The molecule has 5 heteroatoms. The van der Waals surface area contributed by atoms with Crippen LogP contribution in [0.4, 0.5) is 0 Å². The molecule has 2 atom stereocenters. The topological polar surface area (TPSA) is 34.1 Å². The minimum absolute atomic E-state index is 0.0463. The lowest BCUT2D eigenvalue weighted by Crippen LogP contribution is -2.25. The molecule has 1 fully saturated rings. The van der Waals surface area contributed by atoms with Gasteiger partial charge in [-0.15, -0.1) is 0 Å². The van der Waals surface area contributed by atoms with Crippen LogP contribution in [0.15, 0.2) is 0 Å². The molecule has 1 saturated heterocycles. The Labute approximate surface area is 77.6 Å². The number of alkyl halides is 2. The normalized spacial score (nSPS) is 45.7. The summed E-state index contributed by atoms with van der Waals surface area (Å²) >= 11 is 6.67. The number of hydrogen-bond acceptors (Lipinski definition) is 2. The average molecular weight is 292 g/mol. The van der Waals surface area contributed by atoms with Crippen molar-refractivity contribution >= 4 is 41.7 Å². The molecule has 60 valence electrons. The van der Waals surface area contributed by atoms with Crippen LogP contribution < -0.4 is 0 Å². The smallest absolute Gasteiger partial charge is 0.152 e. The molecule has 1 aliphatic rings. The maximum Gasteiger partial charge on any atom is 0.152 e. The molecule has 0 unspecified atom stereocenters. The Morgan fingerprint density at radius 3 is 2.20 bits per heavy atom. The first-order valence-corrected chi connectivity index (χ1v) is 6.40. The van der Waals surface area contributed by atoms with Crippen molar-refractivity contribution < 1.29 is 8.42 Å². The highest BCUT2D eigenvalue weighted by molar-refractivity contribution is 9.12. The van der Waals surface area contributed by atoms with E-state index >= 15 is 0 Å². The van der Waals surface area contributed by atoms with Crippen LogP contribution in [0.3, 0.4) is 0 Å². The first-order chi connectivity index (χ1) is 4.33. The second kappa shape index (κ2) is 2.45. The van der Waals surface area contributed by atoms with Crippen LogP contribution in [0.2, 0.25) is 0 Å². The minimum Gasteiger partial charge on any atom is -0.229 e. The Morgan fingerprint density at radius 1 is 1.60 bits per heavy atom. The first-order valence-electron chi connectivity index (χ1n) is 2.87. The van der Waals surface area contributed by atoms with Gasteiger partial charge in [0, 0.05) is 4.83 Å². The Balaban J connectivity index is 2.92. The fraction of sp³-hybridized carbons (Fsp3) is 1.00. The summed E-state index contributed by atoms with van der Waals surface area (Å²) in [5.74, 6) is 0.477. The second-order valence-electron chi connectivity index (χ2n) is 2.80. The molecule has 0 aliphatic carbocycles. The number of hydrogen-bond donors (Lipinski definition) is 0. The van der Waals surface area contributed by atoms with Gasteiger partial charge in [0.1, 0.15) is 0 Å². The van der Waals surface area contributed by atoms with Gasteiger partial charge in [-0.25, -0.2) is 8.42 Å². The van der Waals surface area contributed by atoms with Crippen LogP contribution >= 0.6 is 31.9 Å². The van der Waals surface area contributed by atoms with Crippen LogP contribution in [-0.4, -0.2) is 29.1 Å². The molecule has 0 saturated carbocycles. The first kappa shape index (κ1) is 9.00. The minimum atomic E-state index is -2.80. The van der Waals surface area contributed by atoms with E-state index in [0.29, 0.717) is 0 Å². The third-order valence-electron chi connectivity index (χ3n) is 1.56. The van der Waals surface area contributed by atoms with Crippen LogP contribution in [-0.2, 0) is 9.84 Å². The molecule has 2 nitrogen and oxygen atoms in total. The SMILES string of the molecule is C[C@]1(Br)CS(=O)(=O)C[C@@H]1Br. The fourth-order valence-corrected chi connectivity index (χ4v) is 5.98. The predicted octanol–water partition coefficient (Wildman–Crippen LogP) is 1.33. The number of sulfone groups is 1. The highest BCUT2D eigenvalue weighted by atomic mass is 79.9. The molecule has 1 aliphatic heterocycles. The monoisotopic (exact) mass is 290 g/mol. The van der Waals surface area contributed by atoms with E-state index in [1.165, 1.54) is 0 Å². The molecule has 0 aromatic carbocycles. The van der Waals surface area contributed by atoms with Crippen molar-refractivity contribution in [2.75, 3.05) is 11.5 Å². The van der Waals surface area contributed by atoms with E-state index in [1.807, 2.05) is 6.92 Å². The lowest BCUT2D eigenvalue weighted by atomic mass is 10.2. The van der Waals surface area contributed by atoms with E-state index in [0.717, 1.165) is 0 Å². The number of halogens is 2. The van der Waals surface area contributed by atoms with Gasteiger partial charge in [-0.2, -0.15) is 0 Å². The van der Waals surface area contributed by atoms with Crippen molar-refractivity contribution in [2.24, 2.45) is 0 Å². The summed E-state index contributed by atoms with van der Waals surface area (Å²) in [6.45, 7) is 1.89. The van der Waals surface area contributed by atoms with E-state index in [-0.39, 0.29) is 20.7 Å².